The van der Waals surface area contributed by atoms with Crippen molar-refractivity contribution >= 4 is 5.82 Å². The molecule has 0 atom stereocenters. The first kappa shape index (κ1) is 12.1. The van der Waals surface area contributed by atoms with E-state index < -0.39 is 5.79 Å². The molecule has 0 amide bonds. The summed E-state index contributed by atoms with van der Waals surface area (Å²) in [5, 5.41) is 8.10. The highest BCUT2D eigenvalue weighted by atomic mass is 16.7. The first-order chi connectivity index (χ1) is 9.16. The van der Waals surface area contributed by atoms with Crippen molar-refractivity contribution in [3.8, 4) is 0 Å². The molecule has 1 aliphatic rings. The highest BCUT2D eigenvalue weighted by molar-refractivity contribution is 5.22. The zero-order valence-corrected chi connectivity index (χ0v) is 10.6. The molecule has 0 unspecified atom stereocenters. The highest BCUT2D eigenvalue weighted by Crippen LogP contribution is 2.29. The molecule has 1 saturated heterocycles. The first-order valence-corrected chi connectivity index (χ1v) is 6.05. The highest BCUT2D eigenvalue weighted by Gasteiger charge is 2.34. The lowest BCUT2D eigenvalue weighted by Gasteiger charge is -2.21. The second-order valence-electron chi connectivity index (χ2n) is 4.49. The molecular formula is C12H15N5O2. The smallest absolute Gasteiger partial charge is 0.209 e. The van der Waals surface area contributed by atoms with Crippen LogP contribution in [0.25, 0.3) is 0 Å². The number of nitrogens with two attached hydrogens (primary N) is 1. The molecule has 19 heavy (non-hydrogen) atoms. The fourth-order valence-electron chi connectivity index (χ4n) is 2.03. The molecule has 2 N–H and O–H groups in total. The number of hydrogen-bond donors (Lipinski definition) is 1. The van der Waals surface area contributed by atoms with Gasteiger partial charge in [0.05, 0.1) is 31.6 Å². The maximum atomic E-state index is 5.59. The van der Waals surface area contributed by atoms with Crippen molar-refractivity contribution in [3.05, 3.63) is 35.8 Å². The van der Waals surface area contributed by atoms with Gasteiger partial charge in [-0.3, -0.25) is 4.98 Å². The van der Waals surface area contributed by atoms with Crippen LogP contribution in [0.15, 0.2) is 24.5 Å². The summed E-state index contributed by atoms with van der Waals surface area (Å²) in [5.41, 5.74) is 7.30. The van der Waals surface area contributed by atoms with E-state index in [1.165, 1.54) is 11.0 Å². The molecule has 100 valence electrons. The molecule has 7 heteroatoms. The lowest BCUT2D eigenvalue weighted by molar-refractivity contribution is -0.152. The third-order valence-corrected chi connectivity index (χ3v) is 3.01. The molecule has 2 aromatic heterocycles. The summed E-state index contributed by atoms with van der Waals surface area (Å²) in [6.07, 6.45) is 3.25. The Morgan fingerprint density at radius 1 is 1.42 bits per heavy atom. The minimum absolute atomic E-state index is 0.406. The second-order valence-corrected chi connectivity index (χ2v) is 4.49. The van der Waals surface area contributed by atoms with Gasteiger partial charge in [-0.1, -0.05) is 0 Å². The molecule has 2 aromatic rings. The van der Waals surface area contributed by atoms with Crippen LogP contribution < -0.4 is 5.73 Å². The van der Waals surface area contributed by atoms with Crippen molar-refractivity contribution in [1.29, 1.82) is 0 Å². The summed E-state index contributed by atoms with van der Waals surface area (Å²) in [6, 6.07) is 3.84. The number of anilines is 1. The van der Waals surface area contributed by atoms with Crippen molar-refractivity contribution in [1.82, 2.24) is 20.0 Å². The number of aromatic nitrogens is 4. The van der Waals surface area contributed by atoms with E-state index in [1.54, 1.807) is 6.20 Å². The molecule has 1 fully saturated rings. The van der Waals surface area contributed by atoms with E-state index in [9.17, 15) is 0 Å². The Morgan fingerprint density at radius 3 is 2.89 bits per heavy atom. The molecule has 0 bridgehead atoms. The standard InChI is InChI=1S/C12H15N5O2/c1-12(18-4-5-19-12)10-6-9(2-3-14-10)8-17-15-7-11(13)16-17/h2-3,6-7H,4-5,8H2,1H3,(H2,13,16). The van der Waals surface area contributed by atoms with Crippen LogP contribution in [0.5, 0.6) is 0 Å². The van der Waals surface area contributed by atoms with Gasteiger partial charge >= 0.3 is 0 Å². The molecule has 3 rings (SSSR count). The van der Waals surface area contributed by atoms with Crippen molar-refractivity contribution in [3.63, 3.8) is 0 Å². The SMILES string of the molecule is CC1(c2cc(Cn3ncc(N)n3)ccn2)OCCO1. The van der Waals surface area contributed by atoms with E-state index >= 15 is 0 Å². The van der Waals surface area contributed by atoms with Crippen LogP contribution in [-0.4, -0.2) is 33.2 Å². The van der Waals surface area contributed by atoms with Gasteiger partial charge in [-0.2, -0.15) is 9.90 Å². The third kappa shape index (κ3) is 2.42. The van der Waals surface area contributed by atoms with Gasteiger partial charge in [0.2, 0.25) is 5.79 Å². The Bertz CT molecular complexity index is 577. The fraction of sp³-hybridized carbons (Fsp3) is 0.417. The largest absolute Gasteiger partial charge is 0.381 e. The number of rotatable bonds is 3. The summed E-state index contributed by atoms with van der Waals surface area (Å²) in [5.74, 6) is -0.351. The number of nitrogen functional groups attached to an aromatic ring is 1. The van der Waals surface area contributed by atoms with Gasteiger partial charge in [0.25, 0.3) is 0 Å². The molecule has 0 aliphatic carbocycles. The van der Waals surface area contributed by atoms with Crippen LogP contribution in [0, 0.1) is 0 Å². The van der Waals surface area contributed by atoms with Gasteiger partial charge in [-0.05, 0) is 24.6 Å². The molecule has 0 saturated carbocycles. The fourth-order valence-corrected chi connectivity index (χ4v) is 2.03. The lowest BCUT2D eigenvalue weighted by atomic mass is 10.1. The predicted molar refractivity (Wildman–Crippen MR) is 67.0 cm³/mol. The summed E-state index contributed by atoms with van der Waals surface area (Å²) in [4.78, 5) is 5.85. The number of ether oxygens (including phenoxy) is 2. The van der Waals surface area contributed by atoms with Crippen LogP contribution in [-0.2, 0) is 21.8 Å². The monoisotopic (exact) mass is 261 g/mol. The van der Waals surface area contributed by atoms with E-state index in [4.69, 9.17) is 15.2 Å². The van der Waals surface area contributed by atoms with Gasteiger partial charge in [-0.15, -0.1) is 5.10 Å². The molecule has 0 spiro atoms. The molecule has 0 aromatic carbocycles. The molecule has 3 heterocycles. The predicted octanol–water partition coefficient (Wildman–Crippen LogP) is 0.523. The molecular weight excluding hydrogens is 246 g/mol. The first-order valence-electron chi connectivity index (χ1n) is 6.05. The maximum absolute atomic E-state index is 5.59. The van der Waals surface area contributed by atoms with Crippen LogP contribution in [0.1, 0.15) is 18.2 Å². The van der Waals surface area contributed by atoms with Crippen LogP contribution in [0.2, 0.25) is 0 Å². The normalized spacial score (nSPS) is 17.7. The van der Waals surface area contributed by atoms with Gasteiger partial charge in [0, 0.05) is 6.20 Å². The van der Waals surface area contributed by atoms with Crippen molar-refractivity contribution in [2.45, 2.75) is 19.3 Å². The third-order valence-electron chi connectivity index (χ3n) is 3.01. The Hall–Kier alpha value is -1.99. The van der Waals surface area contributed by atoms with E-state index in [2.05, 4.69) is 15.2 Å². The maximum Gasteiger partial charge on any atom is 0.209 e. The van der Waals surface area contributed by atoms with E-state index in [0.29, 0.717) is 25.6 Å². The Labute approximate surface area is 110 Å². The number of pyridine rings is 1. The average molecular weight is 261 g/mol. The summed E-state index contributed by atoms with van der Waals surface area (Å²) in [6.45, 7) is 3.57. The van der Waals surface area contributed by atoms with Gasteiger partial charge in [0.15, 0.2) is 5.82 Å². The molecule has 7 nitrogen and oxygen atoms in total. The van der Waals surface area contributed by atoms with Crippen LogP contribution in [0.3, 0.4) is 0 Å². The minimum atomic E-state index is -0.757. The zero-order valence-electron chi connectivity index (χ0n) is 10.6. The van der Waals surface area contributed by atoms with Gasteiger partial charge < -0.3 is 15.2 Å². The van der Waals surface area contributed by atoms with E-state index in [0.717, 1.165) is 11.3 Å². The van der Waals surface area contributed by atoms with Crippen molar-refractivity contribution < 1.29 is 9.47 Å². The summed E-state index contributed by atoms with van der Waals surface area (Å²) < 4.78 is 11.2. The molecule has 1 aliphatic heterocycles. The van der Waals surface area contributed by atoms with Crippen LogP contribution in [0.4, 0.5) is 5.82 Å². The Morgan fingerprint density at radius 2 is 2.21 bits per heavy atom. The topological polar surface area (TPSA) is 88.1 Å². The quantitative estimate of drug-likeness (QED) is 0.866. The zero-order chi connectivity index (χ0) is 13.3. The second kappa shape index (κ2) is 4.60. The van der Waals surface area contributed by atoms with Crippen molar-refractivity contribution in [2.24, 2.45) is 0 Å². The van der Waals surface area contributed by atoms with Crippen LogP contribution >= 0.6 is 0 Å². The van der Waals surface area contributed by atoms with E-state index in [1.807, 2.05) is 19.1 Å². The number of hydrogen-bond acceptors (Lipinski definition) is 6. The summed E-state index contributed by atoms with van der Waals surface area (Å²) in [7, 11) is 0. The Balaban J connectivity index is 1.83. The minimum Gasteiger partial charge on any atom is -0.381 e. The van der Waals surface area contributed by atoms with Gasteiger partial charge in [-0.25, -0.2) is 0 Å². The number of nitrogens with zero attached hydrogens (tertiary/aromatic N) is 4. The molecule has 0 radical (unpaired) electrons. The van der Waals surface area contributed by atoms with Gasteiger partial charge in [0.1, 0.15) is 0 Å². The lowest BCUT2D eigenvalue weighted by Crippen LogP contribution is -2.24. The van der Waals surface area contributed by atoms with Crippen molar-refractivity contribution in [2.75, 3.05) is 18.9 Å². The summed E-state index contributed by atoms with van der Waals surface area (Å²) >= 11 is 0. The van der Waals surface area contributed by atoms with E-state index in [-0.39, 0.29) is 0 Å². The Kier molecular flexibility index (Phi) is 2.92. The average Bonchev–Trinajstić information content (AvgIpc) is 3.00.